The van der Waals surface area contributed by atoms with Crippen LogP contribution in [0.1, 0.15) is 51.7 Å². The second-order valence-corrected chi connectivity index (χ2v) is 16.1. The van der Waals surface area contributed by atoms with Crippen molar-refractivity contribution in [2.75, 3.05) is 0 Å². The highest BCUT2D eigenvalue weighted by Gasteiger charge is 2.38. The maximum Gasteiger partial charge on any atom is 0.164 e. The molecular weight excluding hydrogens is 664 g/mol. The van der Waals surface area contributed by atoms with Crippen molar-refractivity contribution in [3.8, 4) is 39.9 Å². The van der Waals surface area contributed by atoms with Gasteiger partial charge in [-0.05, 0) is 93.4 Å². The molecule has 0 N–H and O–H groups in total. The third-order valence-electron chi connectivity index (χ3n) is 11.8. The molecule has 262 valence electrons. The summed E-state index contributed by atoms with van der Waals surface area (Å²) in [5, 5.41) is 6.79. The fourth-order valence-corrected chi connectivity index (χ4v) is 8.76. The monoisotopic (exact) mass is 702 g/mol. The quantitative estimate of drug-likeness (QED) is 0.183. The second kappa shape index (κ2) is 11.9. The molecule has 0 radical (unpaired) electrons. The Morgan fingerprint density at radius 3 is 1.83 bits per heavy atom. The van der Waals surface area contributed by atoms with E-state index in [1.54, 1.807) is 6.07 Å². The van der Waals surface area contributed by atoms with Crippen molar-refractivity contribution in [1.82, 2.24) is 19.5 Å². The summed E-state index contributed by atoms with van der Waals surface area (Å²) in [6.45, 7) is 9.57. The van der Waals surface area contributed by atoms with Gasteiger partial charge in [-0.1, -0.05) is 125 Å². The molecule has 0 fully saturated rings. The number of rotatable bonds is 4. The van der Waals surface area contributed by atoms with Crippen LogP contribution in [0.2, 0.25) is 0 Å². The first-order valence-corrected chi connectivity index (χ1v) is 18.8. The zero-order valence-corrected chi connectivity index (χ0v) is 30.9. The Labute approximate surface area is 314 Å². The van der Waals surface area contributed by atoms with Crippen LogP contribution < -0.4 is 0 Å². The number of para-hydroxylation sites is 1. The molecule has 0 bridgehead atoms. The SMILES string of the molecule is CC1(C)CCC(C)(C)c2cc3c(cc21)c1ccccc1n3-c1ccc(-c2nc(-c3cccc(F)c3)nc(-c3cccc4ccccc34)n2)c2ccccc12. The Kier molecular flexibility index (Phi) is 7.16. The van der Waals surface area contributed by atoms with Crippen molar-refractivity contribution in [1.29, 1.82) is 0 Å². The zero-order chi connectivity index (χ0) is 36.8. The molecule has 7 aromatic carbocycles. The molecule has 0 saturated heterocycles. The van der Waals surface area contributed by atoms with E-state index in [2.05, 4.69) is 123 Å². The van der Waals surface area contributed by atoms with Crippen LogP contribution in [-0.4, -0.2) is 19.5 Å². The second-order valence-electron chi connectivity index (χ2n) is 16.1. The highest BCUT2D eigenvalue weighted by Crippen LogP contribution is 2.49. The predicted molar refractivity (Wildman–Crippen MR) is 221 cm³/mol. The summed E-state index contributed by atoms with van der Waals surface area (Å²) in [6.07, 6.45) is 2.32. The lowest BCUT2D eigenvalue weighted by atomic mass is 9.63. The lowest BCUT2D eigenvalue weighted by molar-refractivity contribution is 0.332. The minimum Gasteiger partial charge on any atom is -0.309 e. The standard InChI is InChI=1S/C49H39FN4/c1-48(2)25-26-49(3,4)41-29-44-39(28-40(41)48)36-20-9-10-22-42(36)54(44)43-24-23-38(34-18-7-8-19-35(34)43)47-52-45(31-15-11-16-32(50)27-31)51-46(53-47)37-21-12-14-30-13-5-6-17-33(30)37/h5-24,27-29H,25-26H2,1-4H3. The fraction of sp³-hybridized carbons (Fsp3) is 0.163. The van der Waals surface area contributed by atoms with E-state index in [4.69, 9.17) is 15.0 Å². The average Bonchev–Trinajstić information content (AvgIpc) is 3.52. The van der Waals surface area contributed by atoms with E-state index in [1.165, 1.54) is 51.5 Å². The van der Waals surface area contributed by atoms with Crippen LogP contribution in [0.4, 0.5) is 4.39 Å². The first-order valence-electron chi connectivity index (χ1n) is 18.8. The van der Waals surface area contributed by atoms with Crippen LogP contribution in [-0.2, 0) is 10.8 Å². The van der Waals surface area contributed by atoms with Crippen molar-refractivity contribution in [2.24, 2.45) is 0 Å². The number of fused-ring (bicyclic) bond motifs is 6. The number of nitrogens with zero attached hydrogens (tertiary/aromatic N) is 4. The predicted octanol–water partition coefficient (Wildman–Crippen LogP) is 12.8. The van der Waals surface area contributed by atoms with Gasteiger partial charge >= 0.3 is 0 Å². The largest absolute Gasteiger partial charge is 0.309 e. The molecule has 0 atom stereocenters. The average molecular weight is 703 g/mol. The van der Waals surface area contributed by atoms with Gasteiger partial charge in [-0.2, -0.15) is 0 Å². The first-order chi connectivity index (χ1) is 26.2. The van der Waals surface area contributed by atoms with Crippen molar-refractivity contribution in [2.45, 2.75) is 51.4 Å². The Hall–Kier alpha value is -6.20. The molecule has 0 saturated carbocycles. The summed E-state index contributed by atoms with van der Waals surface area (Å²) in [5.74, 6) is 1.17. The molecule has 1 aliphatic rings. The van der Waals surface area contributed by atoms with Gasteiger partial charge in [0, 0.05) is 32.8 Å². The topological polar surface area (TPSA) is 43.6 Å². The van der Waals surface area contributed by atoms with E-state index in [0.29, 0.717) is 23.0 Å². The molecule has 5 heteroatoms. The van der Waals surface area contributed by atoms with Crippen LogP contribution >= 0.6 is 0 Å². The number of aromatic nitrogens is 4. The van der Waals surface area contributed by atoms with Crippen molar-refractivity contribution >= 4 is 43.4 Å². The van der Waals surface area contributed by atoms with Crippen molar-refractivity contribution in [3.63, 3.8) is 0 Å². The highest BCUT2D eigenvalue weighted by molar-refractivity contribution is 6.12. The van der Waals surface area contributed by atoms with E-state index in [9.17, 15) is 4.39 Å². The van der Waals surface area contributed by atoms with E-state index in [0.717, 1.165) is 44.8 Å². The molecule has 54 heavy (non-hydrogen) atoms. The molecule has 2 heterocycles. The Balaban J connectivity index is 1.23. The van der Waals surface area contributed by atoms with E-state index in [-0.39, 0.29) is 16.6 Å². The molecule has 0 spiro atoms. The van der Waals surface area contributed by atoms with E-state index >= 15 is 0 Å². The van der Waals surface area contributed by atoms with Crippen molar-refractivity contribution < 1.29 is 4.39 Å². The number of hydrogen-bond acceptors (Lipinski definition) is 3. The highest BCUT2D eigenvalue weighted by atomic mass is 19.1. The van der Waals surface area contributed by atoms with Gasteiger partial charge in [0.05, 0.1) is 16.7 Å². The summed E-state index contributed by atoms with van der Waals surface area (Å²) >= 11 is 0. The molecule has 2 aromatic heterocycles. The van der Waals surface area contributed by atoms with Gasteiger partial charge in [-0.3, -0.25) is 0 Å². The minimum absolute atomic E-state index is 0.0755. The van der Waals surface area contributed by atoms with Gasteiger partial charge in [-0.25, -0.2) is 19.3 Å². The first kappa shape index (κ1) is 32.5. The maximum atomic E-state index is 14.6. The lowest BCUT2D eigenvalue weighted by Crippen LogP contribution is -2.33. The molecule has 9 aromatic rings. The molecule has 0 unspecified atom stereocenters. The van der Waals surface area contributed by atoms with Gasteiger partial charge in [0.25, 0.3) is 0 Å². The molecule has 0 aliphatic heterocycles. The van der Waals surface area contributed by atoms with E-state index < -0.39 is 0 Å². The molecular formula is C49H39FN4. The van der Waals surface area contributed by atoms with Crippen LogP contribution in [0.3, 0.4) is 0 Å². The molecule has 10 rings (SSSR count). The Morgan fingerprint density at radius 1 is 0.481 bits per heavy atom. The van der Waals surface area contributed by atoms with Crippen molar-refractivity contribution in [3.05, 3.63) is 156 Å². The number of benzene rings is 7. The Morgan fingerprint density at radius 2 is 1.07 bits per heavy atom. The van der Waals surface area contributed by atoms with Gasteiger partial charge in [0.1, 0.15) is 5.82 Å². The third kappa shape index (κ3) is 5.06. The van der Waals surface area contributed by atoms with Gasteiger partial charge in [0.2, 0.25) is 0 Å². The smallest absolute Gasteiger partial charge is 0.164 e. The summed E-state index contributed by atoms with van der Waals surface area (Å²) in [6, 6.07) is 47.5. The molecule has 0 amide bonds. The summed E-state index contributed by atoms with van der Waals surface area (Å²) in [5.41, 5.74) is 8.95. The molecule has 4 nitrogen and oxygen atoms in total. The maximum absolute atomic E-state index is 14.6. The molecule has 1 aliphatic carbocycles. The Bertz CT molecular complexity index is 2970. The van der Waals surface area contributed by atoms with Crippen LogP contribution in [0, 0.1) is 5.82 Å². The van der Waals surface area contributed by atoms with Gasteiger partial charge in [0.15, 0.2) is 17.5 Å². The zero-order valence-electron chi connectivity index (χ0n) is 30.9. The summed E-state index contributed by atoms with van der Waals surface area (Å²) < 4.78 is 17.1. The van der Waals surface area contributed by atoms with Gasteiger partial charge in [-0.15, -0.1) is 0 Å². The van der Waals surface area contributed by atoms with Crippen LogP contribution in [0.25, 0.3) is 83.2 Å². The fourth-order valence-electron chi connectivity index (χ4n) is 8.76. The number of hydrogen-bond donors (Lipinski definition) is 0. The van der Waals surface area contributed by atoms with Gasteiger partial charge < -0.3 is 4.57 Å². The van der Waals surface area contributed by atoms with Crippen LogP contribution in [0.15, 0.2) is 140 Å². The van der Waals surface area contributed by atoms with E-state index in [1.807, 2.05) is 30.3 Å². The summed E-state index contributed by atoms with van der Waals surface area (Å²) in [4.78, 5) is 15.2. The third-order valence-corrected chi connectivity index (χ3v) is 11.8. The van der Waals surface area contributed by atoms with Crippen LogP contribution in [0.5, 0.6) is 0 Å². The number of halogens is 1. The summed E-state index contributed by atoms with van der Waals surface area (Å²) in [7, 11) is 0. The normalized spacial score (nSPS) is 14.9. The lowest BCUT2D eigenvalue weighted by Gasteiger charge is -2.42. The minimum atomic E-state index is -0.338.